The topological polar surface area (TPSA) is 189 Å². The summed E-state index contributed by atoms with van der Waals surface area (Å²) in [7, 11) is -4.10. The van der Waals surface area contributed by atoms with E-state index in [1.54, 1.807) is 13.8 Å². The number of aliphatic hydroxyl groups is 1. The maximum absolute atomic E-state index is 14.1. The Kier molecular flexibility index (Phi) is 13.5. The number of rotatable bonds is 18. The molecule has 14 heteroatoms. The third kappa shape index (κ3) is 10.0. The summed E-state index contributed by atoms with van der Waals surface area (Å²) >= 11 is 0. The summed E-state index contributed by atoms with van der Waals surface area (Å²) in [5, 5.41) is 28.3. The van der Waals surface area contributed by atoms with Crippen LogP contribution in [0.25, 0.3) is 0 Å². The summed E-state index contributed by atoms with van der Waals surface area (Å²) in [6.07, 6.45) is 0.0359. The van der Waals surface area contributed by atoms with Gasteiger partial charge in [-0.2, -0.15) is 9.21 Å². The van der Waals surface area contributed by atoms with E-state index in [-0.39, 0.29) is 49.3 Å². The van der Waals surface area contributed by atoms with Crippen molar-refractivity contribution in [2.24, 2.45) is 22.7 Å². The molecule has 0 aliphatic heterocycles. The number of aromatic nitrogens is 2. The van der Waals surface area contributed by atoms with Crippen LogP contribution in [0.2, 0.25) is 0 Å². The van der Waals surface area contributed by atoms with E-state index in [0.29, 0.717) is 12.1 Å². The molecule has 0 saturated heterocycles. The summed E-state index contributed by atoms with van der Waals surface area (Å²) in [6.45, 7) is 7.30. The van der Waals surface area contributed by atoms with Gasteiger partial charge in [0.2, 0.25) is 21.8 Å². The first-order valence-electron chi connectivity index (χ1n) is 16.9. The van der Waals surface area contributed by atoms with Crippen LogP contribution in [-0.4, -0.2) is 63.2 Å². The Morgan fingerprint density at radius 2 is 1.57 bits per heavy atom. The highest BCUT2D eigenvalue weighted by Crippen LogP contribution is 2.23. The van der Waals surface area contributed by atoms with Crippen LogP contribution in [0, 0.1) is 16.7 Å². The third-order valence-electron chi connectivity index (χ3n) is 8.61. The first-order valence-corrected chi connectivity index (χ1v) is 18.4. The van der Waals surface area contributed by atoms with Gasteiger partial charge in [-0.15, -0.1) is 0 Å². The highest BCUT2D eigenvalue weighted by Gasteiger charge is 2.34. The Morgan fingerprint density at radius 3 is 2.18 bits per heavy atom. The van der Waals surface area contributed by atoms with Gasteiger partial charge >= 0.3 is 5.69 Å². The van der Waals surface area contributed by atoms with Crippen LogP contribution in [-0.2, 0) is 40.9 Å². The standard InChI is InChI=1S/C37H48N6O7S/c1-25(2)21-41(51(49,50)31-15-13-28(14-16-31)20-39-48)23-33(44)32(18-27-9-6-5-7-10-27)40-36(46)35(26(3)4)43-24-34(45)42(37(43)47)22-30-12-8-11-29(17-30)19-38/h5-17,24-26,32-33,35,44-45H,18-23,38H2,1-4H3,(H,40,46)/t32-,33+,35-/m0/s1. The van der Waals surface area contributed by atoms with Crippen LogP contribution >= 0.6 is 0 Å². The number of amides is 1. The lowest BCUT2D eigenvalue weighted by Crippen LogP contribution is -2.53. The van der Waals surface area contributed by atoms with Gasteiger partial charge in [-0.05, 0) is 52.6 Å². The predicted octanol–water partition coefficient (Wildman–Crippen LogP) is 3.76. The molecule has 0 saturated carbocycles. The molecule has 0 unspecified atom stereocenters. The number of carbonyl (C=O) groups is 1. The molecule has 51 heavy (non-hydrogen) atoms. The van der Waals surface area contributed by atoms with Gasteiger partial charge in [0, 0.05) is 19.6 Å². The summed E-state index contributed by atoms with van der Waals surface area (Å²) < 4.78 is 31.3. The molecule has 0 aliphatic carbocycles. The zero-order valence-corrected chi connectivity index (χ0v) is 30.2. The summed E-state index contributed by atoms with van der Waals surface area (Å²) in [5.74, 6) is -1.41. The van der Waals surface area contributed by atoms with Gasteiger partial charge in [-0.25, -0.2) is 13.2 Å². The Hall–Kier alpha value is -4.63. The van der Waals surface area contributed by atoms with E-state index in [0.717, 1.165) is 16.7 Å². The number of aliphatic hydroxyl groups excluding tert-OH is 1. The van der Waals surface area contributed by atoms with Crippen molar-refractivity contribution in [2.45, 2.75) is 76.8 Å². The molecule has 1 aromatic heterocycles. The fourth-order valence-corrected chi connectivity index (χ4v) is 7.67. The van der Waals surface area contributed by atoms with Crippen LogP contribution in [0.4, 0.5) is 0 Å². The highest BCUT2D eigenvalue weighted by atomic mass is 32.2. The lowest BCUT2D eigenvalue weighted by atomic mass is 9.98. The number of nitrogens with two attached hydrogens (primary N) is 1. The lowest BCUT2D eigenvalue weighted by Gasteiger charge is -2.32. The molecule has 0 radical (unpaired) electrons. The van der Waals surface area contributed by atoms with E-state index < -0.39 is 45.7 Å². The van der Waals surface area contributed by atoms with Crippen molar-refractivity contribution in [3.63, 3.8) is 0 Å². The van der Waals surface area contributed by atoms with Gasteiger partial charge in [0.05, 0.1) is 29.8 Å². The minimum atomic E-state index is -4.10. The molecule has 1 heterocycles. The Balaban J connectivity index is 1.64. The molecule has 0 spiro atoms. The first-order chi connectivity index (χ1) is 24.2. The van der Waals surface area contributed by atoms with Gasteiger partial charge < -0.3 is 21.3 Å². The van der Waals surface area contributed by atoms with Crippen molar-refractivity contribution < 1.29 is 23.4 Å². The number of hydrogen-bond donors (Lipinski definition) is 4. The number of nitrogens with one attached hydrogen (secondary N) is 1. The van der Waals surface area contributed by atoms with Crippen molar-refractivity contribution in [1.29, 1.82) is 0 Å². The number of carbonyl (C=O) groups excluding carboxylic acids is 1. The van der Waals surface area contributed by atoms with Crippen LogP contribution < -0.4 is 16.7 Å². The van der Waals surface area contributed by atoms with Gasteiger partial charge in [-0.3, -0.25) is 13.9 Å². The molecule has 3 atom stereocenters. The normalized spacial score (nSPS) is 13.7. The highest BCUT2D eigenvalue weighted by molar-refractivity contribution is 7.89. The van der Waals surface area contributed by atoms with E-state index in [1.807, 2.05) is 68.4 Å². The van der Waals surface area contributed by atoms with E-state index in [2.05, 4.69) is 10.5 Å². The number of hydrogen-bond acceptors (Lipinski definition) is 9. The molecule has 274 valence electrons. The summed E-state index contributed by atoms with van der Waals surface area (Å²) in [4.78, 5) is 38.5. The minimum absolute atomic E-state index is 0.00744. The van der Waals surface area contributed by atoms with Crippen LogP contribution in [0.1, 0.15) is 56.0 Å². The molecule has 5 N–H and O–H groups in total. The summed E-state index contributed by atoms with van der Waals surface area (Å²) in [6, 6.07) is 20.3. The molecule has 1 amide bonds. The quantitative estimate of drug-likeness (QED) is 0.112. The smallest absolute Gasteiger partial charge is 0.332 e. The molecule has 13 nitrogen and oxygen atoms in total. The van der Waals surface area contributed by atoms with Crippen LogP contribution in [0.3, 0.4) is 0 Å². The fourth-order valence-electron chi connectivity index (χ4n) is 6.05. The van der Waals surface area contributed by atoms with Crippen LogP contribution in [0.15, 0.2) is 99.9 Å². The Bertz CT molecular complexity index is 1920. The zero-order valence-electron chi connectivity index (χ0n) is 29.4. The van der Waals surface area contributed by atoms with Crippen molar-refractivity contribution in [3.05, 3.63) is 123 Å². The summed E-state index contributed by atoms with van der Waals surface area (Å²) in [5.41, 5.74) is 8.15. The number of aromatic hydroxyl groups is 1. The zero-order chi connectivity index (χ0) is 37.3. The molecule has 0 fully saturated rings. The first kappa shape index (κ1) is 39.2. The van der Waals surface area contributed by atoms with Crippen molar-refractivity contribution in [2.75, 3.05) is 13.1 Å². The molecule has 4 rings (SSSR count). The van der Waals surface area contributed by atoms with E-state index >= 15 is 0 Å². The second-order valence-electron chi connectivity index (χ2n) is 13.5. The molecule has 3 aromatic carbocycles. The monoisotopic (exact) mass is 720 g/mol. The second-order valence-corrected chi connectivity index (χ2v) is 15.4. The van der Waals surface area contributed by atoms with E-state index in [9.17, 15) is 33.1 Å². The van der Waals surface area contributed by atoms with Gasteiger partial charge in [0.25, 0.3) is 0 Å². The average Bonchev–Trinajstić information content (AvgIpc) is 3.36. The largest absolute Gasteiger partial charge is 0.493 e. The SMILES string of the molecule is CC(C)CN(C[C@@H](O)[C@H](Cc1ccccc1)NC(=O)[C@H](C(C)C)n1cc(O)n(Cc2cccc(CN)c2)c1=O)S(=O)(=O)c1ccc(CN=O)cc1. The van der Waals surface area contributed by atoms with Gasteiger partial charge in [-0.1, -0.05) is 99.6 Å². The number of sulfonamides is 1. The Morgan fingerprint density at radius 1 is 0.922 bits per heavy atom. The predicted molar refractivity (Wildman–Crippen MR) is 195 cm³/mol. The van der Waals surface area contributed by atoms with Crippen molar-refractivity contribution >= 4 is 15.9 Å². The molecular formula is C37H48N6O7S. The fraction of sp³-hybridized carbons (Fsp3) is 0.405. The van der Waals surface area contributed by atoms with Gasteiger partial charge in [0.15, 0.2) is 0 Å². The van der Waals surface area contributed by atoms with E-state index in [1.165, 1.54) is 43.9 Å². The van der Waals surface area contributed by atoms with E-state index in [4.69, 9.17) is 5.73 Å². The van der Waals surface area contributed by atoms with Crippen molar-refractivity contribution in [3.8, 4) is 5.88 Å². The average molecular weight is 721 g/mol. The number of benzene rings is 3. The third-order valence-corrected chi connectivity index (χ3v) is 10.5. The maximum atomic E-state index is 14.1. The minimum Gasteiger partial charge on any atom is -0.493 e. The number of imidazole rings is 1. The van der Waals surface area contributed by atoms with Gasteiger partial charge in [0.1, 0.15) is 12.6 Å². The second kappa shape index (κ2) is 17.5. The lowest BCUT2D eigenvalue weighted by molar-refractivity contribution is -0.127. The number of nitroso groups, excluding NO2 is 1. The maximum Gasteiger partial charge on any atom is 0.332 e. The molecule has 0 aliphatic rings. The molecule has 4 aromatic rings. The Labute approximate surface area is 298 Å². The molecular weight excluding hydrogens is 673 g/mol. The molecule has 0 bridgehead atoms. The van der Waals surface area contributed by atoms with Crippen LogP contribution in [0.5, 0.6) is 5.88 Å². The number of nitrogens with zero attached hydrogens (tertiary/aromatic N) is 4. The van der Waals surface area contributed by atoms with Crippen molar-refractivity contribution in [1.82, 2.24) is 18.8 Å².